The number of amides is 1. The minimum Gasteiger partial charge on any atom is -0.377 e. The summed E-state index contributed by atoms with van der Waals surface area (Å²) in [6.07, 6.45) is 1.56. The number of benzene rings is 1. The monoisotopic (exact) mass is 283 g/mol. The predicted molar refractivity (Wildman–Crippen MR) is 81.0 cm³/mol. The second-order valence-corrected chi connectivity index (χ2v) is 4.67. The molecule has 6 heteroatoms. The highest BCUT2D eigenvalue weighted by Gasteiger charge is 2.07. The number of anilines is 1. The average molecular weight is 283 g/mol. The van der Waals surface area contributed by atoms with Gasteiger partial charge in [-0.1, -0.05) is 29.2 Å². The molecule has 0 atom stereocenters. The van der Waals surface area contributed by atoms with Crippen molar-refractivity contribution in [3.8, 4) is 11.8 Å². The summed E-state index contributed by atoms with van der Waals surface area (Å²) in [5, 5.41) is 10.1. The Morgan fingerprint density at radius 3 is 2.81 bits per heavy atom. The zero-order valence-corrected chi connectivity index (χ0v) is 12.3. The van der Waals surface area contributed by atoms with Crippen LogP contribution >= 0.6 is 0 Å². The third-order valence-corrected chi connectivity index (χ3v) is 2.78. The van der Waals surface area contributed by atoms with Gasteiger partial charge in [0.1, 0.15) is 0 Å². The number of aromatic nitrogens is 3. The van der Waals surface area contributed by atoms with Crippen molar-refractivity contribution in [3.05, 3.63) is 41.7 Å². The molecule has 1 amide bonds. The van der Waals surface area contributed by atoms with Gasteiger partial charge >= 0.3 is 0 Å². The second kappa shape index (κ2) is 6.57. The fourth-order valence-corrected chi connectivity index (χ4v) is 1.78. The molecule has 0 aliphatic carbocycles. The first-order valence-corrected chi connectivity index (χ1v) is 6.47. The zero-order chi connectivity index (χ0) is 15.2. The zero-order valence-electron chi connectivity index (χ0n) is 12.3. The van der Waals surface area contributed by atoms with Crippen molar-refractivity contribution < 1.29 is 4.79 Å². The summed E-state index contributed by atoms with van der Waals surface area (Å²) in [6, 6.07) is 7.86. The van der Waals surface area contributed by atoms with Crippen molar-refractivity contribution in [2.75, 3.05) is 25.5 Å². The van der Waals surface area contributed by atoms with Crippen molar-refractivity contribution in [1.29, 1.82) is 0 Å². The Bertz CT molecular complexity index is 693. The van der Waals surface area contributed by atoms with E-state index >= 15 is 0 Å². The van der Waals surface area contributed by atoms with Gasteiger partial charge in [-0.3, -0.25) is 9.48 Å². The van der Waals surface area contributed by atoms with Gasteiger partial charge in [0.15, 0.2) is 5.69 Å². The van der Waals surface area contributed by atoms with Crippen molar-refractivity contribution in [2.45, 2.75) is 0 Å². The van der Waals surface area contributed by atoms with Gasteiger partial charge in [-0.05, 0) is 12.1 Å². The van der Waals surface area contributed by atoms with E-state index in [1.54, 1.807) is 13.2 Å². The lowest BCUT2D eigenvalue weighted by Gasteiger charge is -2.13. The lowest BCUT2D eigenvalue weighted by atomic mass is 10.1. The molecule has 0 saturated heterocycles. The molecule has 0 saturated carbocycles. The van der Waals surface area contributed by atoms with Crippen LogP contribution in [0.4, 0.5) is 5.69 Å². The van der Waals surface area contributed by atoms with E-state index in [0.29, 0.717) is 0 Å². The molecule has 0 aliphatic heterocycles. The van der Waals surface area contributed by atoms with Crippen LogP contribution < -0.4 is 10.2 Å². The summed E-state index contributed by atoms with van der Waals surface area (Å²) in [7, 11) is 5.65. The maximum absolute atomic E-state index is 11.7. The Morgan fingerprint density at radius 1 is 1.38 bits per heavy atom. The van der Waals surface area contributed by atoms with Gasteiger partial charge < -0.3 is 10.2 Å². The van der Waals surface area contributed by atoms with Crippen LogP contribution in [0.2, 0.25) is 0 Å². The fourth-order valence-electron chi connectivity index (χ4n) is 1.78. The van der Waals surface area contributed by atoms with Crippen LogP contribution in [-0.2, 0) is 7.05 Å². The summed E-state index contributed by atoms with van der Waals surface area (Å²) in [5.74, 6) is 5.72. The Balaban J connectivity index is 1.97. The Kier molecular flexibility index (Phi) is 4.57. The smallest absolute Gasteiger partial charge is 0.274 e. The van der Waals surface area contributed by atoms with Crippen molar-refractivity contribution >= 4 is 11.6 Å². The van der Waals surface area contributed by atoms with Gasteiger partial charge in [-0.15, -0.1) is 5.10 Å². The number of hydrogen-bond donors (Lipinski definition) is 1. The highest BCUT2D eigenvalue weighted by atomic mass is 16.1. The predicted octanol–water partition coefficient (Wildman–Crippen LogP) is 0.663. The first-order chi connectivity index (χ1) is 10.1. The van der Waals surface area contributed by atoms with Crippen LogP contribution in [0.25, 0.3) is 0 Å². The molecule has 0 aliphatic rings. The second-order valence-electron chi connectivity index (χ2n) is 4.67. The third kappa shape index (κ3) is 3.83. The van der Waals surface area contributed by atoms with Crippen LogP contribution in [0.5, 0.6) is 0 Å². The highest BCUT2D eigenvalue weighted by Crippen LogP contribution is 2.16. The van der Waals surface area contributed by atoms with Crippen LogP contribution in [0, 0.1) is 11.8 Å². The van der Waals surface area contributed by atoms with E-state index in [0.717, 1.165) is 11.3 Å². The molecule has 1 aromatic heterocycles. The molecule has 1 heterocycles. The molecule has 21 heavy (non-hydrogen) atoms. The Labute approximate surface area is 123 Å². The number of para-hydroxylation sites is 1. The van der Waals surface area contributed by atoms with Gasteiger partial charge in [-0.25, -0.2) is 0 Å². The minimum atomic E-state index is -0.279. The number of nitrogens with one attached hydrogen (secondary N) is 1. The molecule has 0 fully saturated rings. The summed E-state index contributed by atoms with van der Waals surface area (Å²) < 4.78 is 1.48. The number of carbonyl (C=O) groups excluding carboxylic acids is 1. The van der Waals surface area contributed by atoms with E-state index in [2.05, 4.69) is 27.5 Å². The molecule has 108 valence electrons. The van der Waals surface area contributed by atoms with Crippen LogP contribution in [0.15, 0.2) is 30.5 Å². The van der Waals surface area contributed by atoms with E-state index in [-0.39, 0.29) is 18.1 Å². The van der Waals surface area contributed by atoms with Gasteiger partial charge in [0.05, 0.1) is 18.4 Å². The van der Waals surface area contributed by atoms with Gasteiger partial charge in [0.25, 0.3) is 5.91 Å². The molecule has 1 aromatic carbocycles. The maximum Gasteiger partial charge on any atom is 0.274 e. The quantitative estimate of drug-likeness (QED) is 0.841. The molecule has 0 radical (unpaired) electrons. The molecule has 2 aromatic rings. The van der Waals surface area contributed by atoms with Crippen LogP contribution in [0.3, 0.4) is 0 Å². The summed E-state index contributed by atoms with van der Waals surface area (Å²) in [4.78, 5) is 13.7. The number of nitrogens with zero attached hydrogens (tertiary/aromatic N) is 4. The van der Waals surface area contributed by atoms with Gasteiger partial charge in [0, 0.05) is 26.7 Å². The molecule has 0 unspecified atom stereocenters. The topological polar surface area (TPSA) is 63.1 Å². The molecule has 0 spiro atoms. The van der Waals surface area contributed by atoms with E-state index in [1.165, 1.54) is 4.68 Å². The van der Waals surface area contributed by atoms with E-state index in [9.17, 15) is 4.79 Å². The first-order valence-electron chi connectivity index (χ1n) is 6.47. The molecule has 6 nitrogen and oxygen atoms in total. The molecule has 0 bridgehead atoms. The van der Waals surface area contributed by atoms with Crippen LogP contribution in [0.1, 0.15) is 16.1 Å². The average Bonchev–Trinajstić information content (AvgIpc) is 2.90. The Morgan fingerprint density at radius 2 is 2.14 bits per heavy atom. The maximum atomic E-state index is 11.7. The lowest BCUT2D eigenvalue weighted by molar-refractivity contribution is 0.0953. The Hall–Kier alpha value is -2.81. The minimum absolute atomic E-state index is 0.261. The van der Waals surface area contributed by atoms with Crippen molar-refractivity contribution in [2.24, 2.45) is 7.05 Å². The molecular weight excluding hydrogens is 266 g/mol. The molecule has 2 rings (SSSR count). The third-order valence-electron chi connectivity index (χ3n) is 2.78. The molecule has 1 N–H and O–H groups in total. The summed E-state index contributed by atoms with van der Waals surface area (Å²) in [6.45, 7) is 0.261. The summed E-state index contributed by atoms with van der Waals surface area (Å²) >= 11 is 0. The number of carbonyl (C=O) groups is 1. The normalized spacial score (nSPS) is 9.67. The van der Waals surface area contributed by atoms with E-state index < -0.39 is 0 Å². The number of aryl methyl sites for hydroxylation is 1. The van der Waals surface area contributed by atoms with Crippen LogP contribution in [-0.4, -0.2) is 41.5 Å². The summed E-state index contributed by atoms with van der Waals surface area (Å²) in [5.41, 5.74) is 2.26. The number of hydrogen-bond acceptors (Lipinski definition) is 4. The molecular formula is C15H17N5O. The van der Waals surface area contributed by atoms with E-state index in [1.807, 2.05) is 43.3 Å². The lowest BCUT2D eigenvalue weighted by Crippen LogP contribution is -2.24. The van der Waals surface area contributed by atoms with Gasteiger partial charge in [0.2, 0.25) is 0 Å². The SMILES string of the molecule is CN(C)c1ccccc1C#CCNC(=O)c1cn(C)nn1. The fraction of sp³-hybridized carbons (Fsp3) is 0.267. The number of rotatable bonds is 3. The standard InChI is InChI=1S/C15H17N5O/c1-19(2)14-9-5-4-7-12(14)8-6-10-16-15(21)13-11-20(3)18-17-13/h4-5,7,9,11H,10H2,1-3H3,(H,16,21). The van der Waals surface area contributed by atoms with Crippen molar-refractivity contribution in [3.63, 3.8) is 0 Å². The van der Waals surface area contributed by atoms with Crippen molar-refractivity contribution in [1.82, 2.24) is 20.3 Å². The van der Waals surface area contributed by atoms with E-state index in [4.69, 9.17) is 0 Å². The largest absolute Gasteiger partial charge is 0.377 e. The van der Waals surface area contributed by atoms with Gasteiger partial charge in [-0.2, -0.15) is 0 Å². The highest BCUT2D eigenvalue weighted by molar-refractivity contribution is 5.91. The first kappa shape index (κ1) is 14.6.